The second kappa shape index (κ2) is 12.1. The first-order chi connectivity index (χ1) is 17.1. The summed E-state index contributed by atoms with van der Waals surface area (Å²) >= 11 is 0. The van der Waals surface area contributed by atoms with Crippen LogP contribution >= 0.6 is 0 Å². The lowest BCUT2D eigenvalue weighted by molar-refractivity contribution is 0.0339. The molecule has 0 aromatic carbocycles. The first-order valence-corrected chi connectivity index (χ1v) is 13.2. The van der Waals surface area contributed by atoms with Gasteiger partial charge in [0, 0.05) is 18.8 Å². The third kappa shape index (κ3) is 7.02. The number of methoxy groups -OCH3 is 1. The summed E-state index contributed by atoms with van der Waals surface area (Å²) in [5, 5.41) is 20.3. The number of aliphatic hydroxyl groups is 1. The minimum absolute atomic E-state index is 0.0770. The van der Waals surface area contributed by atoms with Crippen LogP contribution in [0.4, 0.5) is 4.79 Å². The summed E-state index contributed by atoms with van der Waals surface area (Å²) in [6.07, 6.45) is 9.74. The van der Waals surface area contributed by atoms with E-state index in [1.54, 1.807) is 18.5 Å². The number of fused-ring (bicyclic) bond motifs is 2. The predicted molar refractivity (Wildman–Crippen MR) is 139 cm³/mol. The summed E-state index contributed by atoms with van der Waals surface area (Å²) in [6, 6.07) is 0.0770. The van der Waals surface area contributed by atoms with E-state index in [9.17, 15) is 14.7 Å². The first kappa shape index (κ1) is 28.0. The van der Waals surface area contributed by atoms with Crippen LogP contribution in [0.3, 0.4) is 0 Å². The van der Waals surface area contributed by atoms with E-state index >= 15 is 0 Å². The van der Waals surface area contributed by atoms with Gasteiger partial charge in [0.2, 0.25) is 5.88 Å². The third-order valence-corrected chi connectivity index (χ3v) is 7.46. The number of carbonyl (C=O) groups excluding carboxylic acids is 2. The van der Waals surface area contributed by atoms with Gasteiger partial charge in [-0.05, 0) is 75.2 Å². The van der Waals surface area contributed by atoms with Crippen LogP contribution in [-0.4, -0.2) is 58.8 Å². The fraction of sp³-hybridized carbons (Fsp3) is 0.741. The van der Waals surface area contributed by atoms with Gasteiger partial charge in [0.05, 0.1) is 25.5 Å². The molecule has 0 radical (unpaired) electrons. The molecule has 202 valence electrons. The number of amides is 2. The first-order valence-electron chi connectivity index (χ1n) is 13.2. The van der Waals surface area contributed by atoms with E-state index in [-0.39, 0.29) is 24.5 Å². The van der Waals surface area contributed by atoms with E-state index in [1.807, 2.05) is 27.7 Å². The Bertz CT molecular complexity index is 925. The van der Waals surface area contributed by atoms with Crippen LogP contribution in [0.25, 0.3) is 6.20 Å². The normalized spacial score (nSPS) is 26.2. The average Bonchev–Trinajstić information content (AvgIpc) is 3.25. The zero-order valence-corrected chi connectivity index (χ0v) is 22.6. The van der Waals surface area contributed by atoms with Gasteiger partial charge in [-0.15, -0.1) is 0 Å². The molecule has 3 unspecified atom stereocenters. The minimum Gasteiger partial charge on any atom is -0.477 e. The molecule has 2 saturated carbocycles. The predicted octanol–water partition coefficient (Wildman–Crippen LogP) is 4.08. The number of alkyl carbamates (subject to hydrolysis) is 1. The van der Waals surface area contributed by atoms with Gasteiger partial charge in [-0.1, -0.05) is 27.2 Å². The molecule has 9 heteroatoms. The van der Waals surface area contributed by atoms with Gasteiger partial charge < -0.3 is 25.2 Å². The molecule has 3 rings (SSSR count). The number of aliphatic hydroxyl groups excluding tert-OH is 1. The molecular weight excluding hydrogens is 460 g/mol. The summed E-state index contributed by atoms with van der Waals surface area (Å²) in [5.41, 5.74) is -0.306. The SMILES string of the molecule is CCC1CC2CC(C[C@@H](CO)C2)[C@@H]1NC(=O)c1cnn(/C=C/C(C)(C)NC(=O)OC)c1OCC(C)C. The second-order valence-corrected chi connectivity index (χ2v) is 11.5. The number of ether oxygens (including phenoxy) is 2. The van der Waals surface area contributed by atoms with Gasteiger partial charge in [-0.3, -0.25) is 4.79 Å². The van der Waals surface area contributed by atoms with Crippen LogP contribution in [0.2, 0.25) is 0 Å². The van der Waals surface area contributed by atoms with E-state index < -0.39 is 11.6 Å². The van der Waals surface area contributed by atoms with Crippen molar-refractivity contribution in [1.29, 1.82) is 0 Å². The molecule has 5 atom stereocenters. The van der Waals surface area contributed by atoms with E-state index in [4.69, 9.17) is 9.47 Å². The maximum absolute atomic E-state index is 13.6. The highest BCUT2D eigenvalue weighted by Gasteiger charge is 2.42. The van der Waals surface area contributed by atoms with Crippen molar-refractivity contribution in [3.63, 3.8) is 0 Å². The van der Waals surface area contributed by atoms with Crippen molar-refractivity contribution in [3.05, 3.63) is 17.8 Å². The fourth-order valence-electron chi connectivity index (χ4n) is 5.71. The Morgan fingerprint density at radius 3 is 2.67 bits per heavy atom. The molecule has 36 heavy (non-hydrogen) atoms. The highest BCUT2D eigenvalue weighted by molar-refractivity contribution is 5.96. The van der Waals surface area contributed by atoms with Gasteiger partial charge in [0.25, 0.3) is 5.91 Å². The summed E-state index contributed by atoms with van der Waals surface area (Å²) in [5.74, 6) is 2.23. The van der Waals surface area contributed by atoms with Crippen molar-refractivity contribution in [2.75, 3.05) is 20.3 Å². The van der Waals surface area contributed by atoms with Gasteiger partial charge in [-0.25, -0.2) is 9.48 Å². The van der Waals surface area contributed by atoms with Crippen molar-refractivity contribution >= 4 is 18.2 Å². The topological polar surface area (TPSA) is 115 Å². The number of nitrogens with zero attached hydrogens (tertiary/aromatic N) is 2. The van der Waals surface area contributed by atoms with Crippen molar-refractivity contribution in [2.45, 2.75) is 78.3 Å². The van der Waals surface area contributed by atoms with Crippen molar-refractivity contribution < 1.29 is 24.2 Å². The number of nitrogens with one attached hydrogen (secondary N) is 2. The van der Waals surface area contributed by atoms with Crippen LogP contribution in [0.1, 0.15) is 77.1 Å². The molecule has 1 heterocycles. The van der Waals surface area contributed by atoms with Crippen LogP contribution in [-0.2, 0) is 4.74 Å². The van der Waals surface area contributed by atoms with Crippen LogP contribution in [0, 0.1) is 29.6 Å². The Morgan fingerprint density at radius 2 is 2.03 bits per heavy atom. The largest absolute Gasteiger partial charge is 0.477 e. The monoisotopic (exact) mass is 504 g/mol. The standard InChI is InChI=1S/C27H44N4O5/c1-7-20-11-18-10-19(15-32)13-21(12-18)23(20)29-24(33)22-14-28-31(25(22)36-16-17(2)3)9-8-27(4,5)30-26(34)35-6/h8-9,14,17-21,23,32H,7,10-13,15-16H2,1-6H3,(H,29,33)(H,30,34)/b9-8+/t18?,19-,20?,21?,23+/m0/s1. The molecule has 2 fully saturated rings. The fourth-order valence-corrected chi connectivity index (χ4v) is 5.71. The van der Waals surface area contributed by atoms with Gasteiger partial charge >= 0.3 is 6.09 Å². The van der Waals surface area contributed by atoms with E-state index in [0.717, 1.165) is 32.1 Å². The van der Waals surface area contributed by atoms with Crippen LogP contribution < -0.4 is 15.4 Å². The molecule has 0 saturated heterocycles. The molecule has 2 aliphatic rings. The lowest BCUT2D eigenvalue weighted by atomic mass is 9.62. The number of carbonyl (C=O) groups is 2. The number of hydrogen-bond donors (Lipinski definition) is 3. The van der Waals surface area contributed by atoms with E-state index in [1.165, 1.54) is 11.8 Å². The van der Waals surface area contributed by atoms with Gasteiger partial charge in [-0.2, -0.15) is 5.10 Å². The maximum Gasteiger partial charge on any atom is 0.407 e. The molecule has 2 amide bonds. The zero-order valence-electron chi connectivity index (χ0n) is 22.6. The van der Waals surface area contributed by atoms with Crippen molar-refractivity contribution in [2.24, 2.45) is 29.6 Å². The molecular formula is C27H44N4O5. The summed E-state index contributed by atoms with van der Waals surface area (Å²) < 4.78 is 12.3. The molecule has 0 spiro atoms. The Hall–Kier alpha value is -2.55. The smallest absolute Gasteiger partial charge is 0.407 e. The molecule has 2 aliphatic carbocycles. The molecule has 1 aromatic heterocycles. The van der Waals surface area contributed by atoms with Crippen LogP contribution in [0.5, 0.6) is 5.88 Å². The third-order valence-electron chi connectivity index (χ3n) is 7.46. The summed E-state index contributed by atoms with van der Waals surface area (Å²) in [6.45, 7) is 10.6. The number of rotatable bonds is 10. The lowest BCUT2D eigenvalue weighted by Gasteiger charge is -2.47. The molecule has 1 aromatic rings. The Kier molecular flexibility index (Phi) is 9.44. The Labute approximate surface area is 215 Å². The Balaban J connectivity index is 1.82. The molecule has 9 nitrogen and oxygen atoms in total. The quantitative estimate of drug-likeness (QED) is 0.442. The second-order valence-electron chi connectivity index (χ2n) is 11.5. The number of hydrogen-bond acceptors (Lipinski definition) is 6. The van der Waals surface area contributed by atoms with E-state index in [2.05, 4.69) is 22.7 Å². The van der Waals surface area contributed by atoms with E-state index in [0.29, 0.717) is 41.7 Å². The maximum atomic E-state index is 13.6. The van der Waals surface area contributed by atoms with Crippen molar-refractivity contribution in [3.8, 4) is 5.88 Å². The molecule has 2 bridgehead atoms. The highest BCUT2D eigenvalue weighted by Crippen LogP contribution is 2.46. The highest BCUT2D eigenvalue weighted by atomic mass is 16.5. The number of aromatic nitrogens is 2. The summed E-state index contributed by atoms with van der Waals surface area (Å²) in [4.78, 5) is 25.2. The Morgan fingerprint density at radius 1 is 1.28 bits per heavy atom. The zero-order chi connectivity index (χ0) is 26.5. The average molecular weight is 505 g/mol. The molecule has 0 aliphatic heterocycles. The lowest BCUT2D eigenvalue weighted by Crippen LogP contribution is -2.51. The van der Waals surface area contributed by atoms with Gasteiger partial charge in [0.1, 0.15) is 5.56 Å². The minimum atomic E-state index is -0.700. The van der Waals surface area contributed by atoms with Crippen LogP contribution in [0.15, 0.2) is 12.3 Å². The summed E-state index contributed by atoms with van der Waals surface area (Å²) in [7, 11) is 1.32. The molecule has 3 N–H and O–H groups in total. The van der Waals surface area contributed by atoms with Gasteiger partial charge in [0.15, 0.2) is 0 Å². The van der Waals surface area contributed by atoms with Crippen molar-refractivity contribution in [1.82, 2.24) is 20.4 Å².